The zero-order chi connectivity index (χ0) is 17.2. The molecule has 2 aromatic carbocycles. The second-order valence-corrected chi connectivity index (χ2v) is 7.61. The fraction of sp³-hybridized carbons (Fsp3) is 0.118. The first-order valence-corrected chi connectivity index (χ1v) is 9.50. The van der Waals surface area contributed by atoms with Gasteiger partial charge < -0.3 is 4.74 Å². The highest BCUT2D eigenvalue weighted by Crippen LogP contribution is 2.17. The molecule has 1 aromatic heterocycles. The topological polar surface area (TPSA) is 60.7 Å². The van der Waals surface area contributed by atoms with E-state index in [1.807, 2.05) is 31.2 Å². The number of aromatic nitrogens is 1. The van der Waals surface area contributed by atoms with E-state index in [0.717, 1.165) is 11.3 Å². The molecule has 0 spiro atoms. The van der Waals surface area contributed by atoms with Gasteiger partial charge in [0.05, 0.1) is 17.7 Å². The van der Waals surface area contributed by atoms with E-state index in [1.165, 1.54) is 11.3 Å². The third-order valence-corrected chi connectivity index (χ3v) is 5.59. The van der Waals surface area contributed by atoms with E-state index < -0.39 is 10.0 Å². The Labute approximate surface area is 144 Å². The summed E-state index contributed by atoms with van der Waals surface area (Å²) in [6.07, 6.45) is 1.78. The summed E-state index contributed by atoms with van der Waals surface area (Å²) in [6, 6.07) is 14.0. The van der Waals surface area contributed by atoms with Crippen molar-refractivity contribution < 1.29 is 13.2 Å². The lowest BCUT2D eigenvalue weighted by Crippen LogP contribution is -2.15. The van der Waals surface area contributed by atoms with E-state index in [9.17, 15) is 8.42 Å². The number of rotatable bonds is 4. The SMILES string of the molecule is COc1cccc(-n2ccs/c2=N/S(=O)(=O)c2ccc(C)cc2)c1. The highest BCUT2D eigenvalue weighted by atomic mass is 32.2. The summed E-state index contributed by atoms with van der Waals surface area (Å²) >= 11 is 1.26. The first-order chi connectivity index (χ1) is 11.5. The molecule has 124 valence electrons. The summed E-state index contributed by atoms with van der Waals surface area (Å²) in [5.41, 5.74) is 1.78. The van der Waals surface area contributed by atoms with Gasteiger partial charge in [0.15, 0.2) is 0 Å². The van der Waals surface area contributed by atoms with Gasteiger partial charge in [0, 0.05) is 17.6 Å². The number of benzene rings is 2. The third-order valence-electron chi connectivity index (χ3n) is 3.44. The molecule has 0 aliphatic rings. The smallest absolute Gasteiger partial charge is 0.285 e. The Bertz CT molecular complexity index is 1020. The summed E-state index contributed by atoms with van der Waals surface area (Å²) in [4.78, 5) is 0.558. The minimum Gasteiger partial charge on any atom is -0.497 e. The number of methoxy groups -OCH3 is 1. The standard InChI is InChI=1S/C17H16N2O3S2/c1-13-6-8-16(9-7-13)24(20,21)18-17-19(10-11-23-17)14-4-3-5-15(12-14)22-2/h3-12H,1-2H3/b18-17+. The molecule has 0 atom stereocenters. The molecular formula is C17H16N2O3S2. The van der Waals surface area contributed by atoms with E-state index in [4.69, 9.17) is 4.74 Å². The van der Waals surface area contributed by atoms with Crippen LogP contribution in [-0.2, 0) is 10.0 Å². The average Bonchev–Trinajstić information content (AvgIpc) is 3.02. The Morgan fingerprint density at radius 1 is 1.12 bits per heavy atom. The van der Waals surface area contributed by atoms with Gasteiger partial charge in [-0.05, 0) is 31.2 Å². The van der Waals surface area contributed by atoms with Crippen LogP contribution in [-0.4, -0.2) is 20.1 Å². The van der Waals surface area contributed by atoms with Crippen LogP contribution in [0.4, 0.5) is 0 Å². The minimum atomic E-state index is -3.76. The average molecular weight is 360 g/mol. The molecule has 0 amide bonds. The second kappa shape index (κ2) is 6.62. The van der Waals surface area contributed by atoms with Crippen molar-refractivity contribution in [2.45, 2.75) is 11.8 Å². The lowest BCUT2D eigenvalue weighted by molar-refractivity contribution is 0.414. The van der Waals surface area contributed by atoms with Crippen molar-refractivity contribution in [1.29, 1.82) is 0 Å². The van der Waals surface area contributed by atoms with Gasteiger partial charge in [0.1, 0.15) is 5.75 Å². The van der Waals surface area contributed by atoms with Crippen LogP contribution in [0.25, 0.3) is 5.69 Å². The molecule has 3 rings (SSSR count). The van der Waals surface area contributed by atoms with Crippen LogP contribution in [0.2, 0.25) is 0 Å². The first-order valence-electron chi connectivity index (χ1n) is 7.18. The minimum absolute atomic E-state index is 0.179. The van der Waals surface area contributed by atoms with Crippen LogP contribution in [0.5, 0.6) is 5.75 Å². The molecule has 0 N–H and O–H groups in total. The molecule has 0 unspecified atom stereocenters. The summed E-state index contributed by atoms with van der Waals surface area (Å²) < 4.78 is 36.0. The molecule has 0 saturated heterocycles. The predicted molar refractivity (Wildman–Crippen MR) is 94.1 cm³/mol. The largest absolute Gasteiger partial charge is 0.497 e. The number of thiazole rings is 1. The van der Waals surface area contributed by atoms with E-state index >= 15 is 0 Å². The number of ether oxygens (including phenoxy) is 1. The van der Waals surface area contributed by atoms with Crippen molar-refractivity contribution in [1.82, 2.24) is 4.57 Å². The molecule has 0 radical (unpaired) electrons. The van der Waals surface area contributed by atoms with Crippen molar-refractivity contribution in [2.24, 2.45) is 4.40 Å². The number of hydrogen-bond acceptors (Lipinski definition) is 4. The van der Waals surface area contributed by atoms with Gasteiger partial charge in [-0.15, -0.1) is 15.7 Å². The molecule has 24 heavy (non-hydrogen) atoms. The highest BCUT2D eigenvalue weighted by molar-refractivity contribution is 7.90. The molecule has 0 saturated carbocycles. The van der Waals surface area contributed by atoms with Crippen LogP contribution >= 0.6 is 11.3 Å². The van der Waals surface area contributed by atoms with Crippen LogP contribution in [0.15, 0.2) is 69.4 Å². The Morgan fingerprint density at radius 2 is 1.88 bits per heavy atom. The van der Waals surface area contributed by atoms with Crippen LogP contribution in [0.3, 0.4) is 0 Å². The maximum Gasteiger partial charge on any atom is 0.285 e. The maximum absolute atomic E-state index is 12.5. The number of hydrogen-bond donors (Lipinski definition) is 0. The fourth-order valence-corrected chi connectivity index (χ4v) is 4.09. The number of nitrogens with zero attached hydrogens (tertiary/aromatic N) is 2. The molecule has 7 heteroatoms. The molecule has 5 nitrogen and oxygen atoms in total. The highest BCUT2D eigenvalue weighted by Gasteiger charge is 2.13. The van der Waals surface area contributed by atoms with Crippen molar-refractivity contribution in [3.63, 3.8) is 0 Å². The predicted octanol–water partition coefficient (Wildman–Crippen LogP) is 3.15. The van der Waals surface area contributed by atoms with Crippen LogP contribution in [0, 0.1) is 6.92 Å². The van der Waals surface area contributed by atoms with Crippen molar-refractivity contribution in [3.8, 4) is 11.4 Å². The number of aryl methyl sites for hydroxylation is 1. The Morgan fingerprint density at radius 3 is 2.58 bits per heavy atom. The van der Waals surface area contributed by atoms with Gasteiger partial charge in [0.25, 0.3) is 10.0 Å². The van der Waals surface area contributed by atoms with Gasteiger partial charge in [-0.2, -0.15) is 8.42 Å². The summed E-state index contributed by atoms with van der Waals surface area (Å²) in [6.45, 7) is 1.91. The molecule has 0 aliphatic heterocycles. The van der Waals surface area contributed by atoms with Crippen LogP contribution < -0.4 is 9.54 Å². The summed E-state index contributed by atoms with van der Waals surface area (Å²) in [5.74, 6) is 0.693. The lowest BCUT2D eigenvalue weighted by atomic mass is 10.2. The second-order valence-electron chi connectivity index (χ2n) is 5.14. The van der Waals surface area contributed by atoms with Gasteiger partial charge in [-0.1, -0.05) is 23.8 Å². The zero-order valence-electron chi connectivity index (χ0n) is 13.2. The zero-order valence-corrected chi connectivity index (χ0v) is 14.8. The molecule has 0 bridgehead atoms. The first kappa shape index (κ1) is 16.5. The Kier molecular flexibility index (Phi) is 4.55. The van der Waals surface area contributed by atoms with Crippen LogP contribution in [0.1, 0.15) is 5.56 Å². The van der Waals surface area contributed by atoms with E-state index in [1.54, 1.807) is 47.5 Å². The maximum atomic E-state index is 12.5. The normalized spacial score (nSPS) is 12.3. The molecule has 3 aromatic rings. The quantitative estimate of drug-likeness (QED) is 0.718. The van der Waals surface area contributed by atoms with E-state index in [-0.39, 0.29) is 4.90 Å². The third kappa shape index (κ3) is 3.42. The molecule has 1 heterocycles. The van der Waals surface area contributed by atoms with Crippen molar-refractivity contribution in [3.05, 3.63) is 70.5 Å². The molecular weight excluding hydrogens is 344 g/mol. The Hall–Kier alpha value is -2.38. The van der Waals surface area contributed by atoms with Crippen molar-refractivity contribution in [2.75, 3.05) is 7.11 Å². The monoisotopic (exact) mass is 360 g/mol. The number of sulfonamides is 1. The van der Waals surface area contributed by atoms with Gasteiger partial charge in [0.2, 0.25) is 4.80 Å². The van der Waals surface area contributed by atoms with Gasteiger partial charge >= 0.3 is 0 Å². The van der Waals surface area contributed by atoms with E-state index in [2.05, 4.69) is 4.40 Å². The fourth-order valence-electron chi connectivity index (χ4n) is 2.16. The Balaban J connectivity index is 2.09. The van der Waals surface area contributed by atoms with Gasteiger partial charge in [-0.3, -0.25) is 4.57 Å². The lowest BCUT2D eigenvalue weighted by Gasteiger charge is -2.05. The molecule has 0 aliphatic carbocycles. The van der Waals surface area contributed by atoms with Gasteiger partial charge in [-0.25, -0.2) is 0 Å². The van der Waals surface area contributed by atoms with Crippen molar-refractivity contribution >= 4 is 21.4 Å². The van der Waals surface area contributed by atoms with E-state index in [0.29, 0.717) is 10.6 Å². The molecule has 0 fully saturated rings. The summed E-state index contributed by atoms with van der Waals surface area (Å²) in [7, 11) is -2.18. The summed E-state index contributed by atoms with van der Waals surface area (Å²) in [5, 5.41) is 1.79.